The Morgan fingerprint density at radius 2 is 2.33 bits per heavy atom. The SMILES string of the molecule is Cc1nc(NCc2cnc[nH]2)ccc1Br. The summed E-state index contributed by atoms with van der Waals surface area (Å²) in [5, 5.41) is 3.21. The molecule has 0 aromatic carbocycles. The van der Waals surface area contributed by atoms with Crippen LogP contribution in [0.15, 0.2) is 29.1 Å². The second-order valence-corrected chi connectivity index (χ2v) is 4.05. The van der Waals surface area contributed by atoms with Gasteiger partial charge in [0.2, 0.25) is 0 Å². The Morgan fingerprint density at radius 3 is 3.00 bits per heavy atom. The Kier molecular flexibility index (Phi) is 3.01. The number of rotatable bonds is 3. The van der Waals surface area contributed by atoms with Gasteiger partial charge in [-0.15, -0.1) is 0 Å². The summed E-state index contributed by atoms with van der Waals surface area (Å²) in [7, 11) is 0. The van der Waals surface area contributed by atoms with Crippen LogP contribution in [-0.2, 0) is 6.54 Å². The lowest BCUT2D eigenvalue weighted by Gasteiger charge is -2.05. The molecule has 0 aliphatic carbocycles. The van der Waals surface area contributed by atoms with Crippen molar-refractivity contribution in [3.63, 3.8) is 0 Å². The van der Waals surface area contributed by atoms with E-state index < -0.39 is 0 Å². The van der Waals surface area contributed by atoms with Crippen molar-refractivity contribution in [3.05, 3.63) is 40.5 Å². The van der Waals surface area contributed by atoms with Crippen LogP contribution < -0.4 is 5.32 Å². The molecule has 0 spiro atoms. The third kappa shape index (κ3) is 2.56. The van der Waals surface area contributed by atoms with Crippen LogP contribution in [0.2, 0.25) is 0 Å². The number of nitrogens with zero attached hydrogens (tertiary/aromatic N) is 2. The van der Waals surface area contributed by atoms with Crippen LogP contribution in [-0.4, -0.2) is 15.0 Å². The molecule has 0 saturated carbocycles. The van der Waals surface area contributed by atoms with Crippen LogP contribution >= 0.6 is 15.9 Å². The highest BCUT2D eigenvalue weighted by molar-refractivity contribution is 9.10. The maximum Gasteiger partial charge on any atom is 0.126 e. The molecule has 0 fully saturated rings. The molecule has 78 valence electrons. The first-order valence-corrected chi connectivity index (χ1v) is 5.39. The predicted molar refractivity (Wildman–Crippen MR) is 62.6 cm³/mol. The topological polar surface area (TPSA) is 53.6 Å². The molecule has 2 aromatic rings. The van der Waals surface area contributed by atoms with E-state index in [0.717, 1.165) is 21.7 Å². The van der Waals surface area contributed by atoms with Crippen molar-refractivity contribution in [1.82, 2.24) is 15.0 Å². The minimum Gasteiger partial charge on any atom is -0.364 e. The fourth-order valence-electron chi connectivity index (χ4n) is 1.21. The van der Waals surface area contributed by atoms with Crippen LogP contribution in [0.5, 0.6) is 0 Å². The molecule has 15 heavy (non-hydrogen) atoms. The molecule has 0 saturated heterocycles. The van der Waals surface area contributed by atoms with Gasteiger partial charge < -0.3 is 10.3 Å². The summed E-state index contributed by atoms with van der Waals surface area (Å²) in [6.07, 6.45) is 3.45. The van der Waals surface area contributed by atoms with E-state index in [-0.39, 0.29) is 0 Å². The first-order valence-electron chi connectivity index (χ1n) is 4.60. The zero-order valence-corrected chi connectivity index (χ0v) is 9.87. The number of nitrogens with one attached hydrogen (secondary N) is 2. The van der Waals surface area contributed by atoms with Gasteiger partial charge in [0, 0.05) is 10.7 Å². The standard InChI is InChI=1S/C10H11BrN4/c1-7-9(11)2-3-10(15-7)13-5-8-4-12-6-14-8/h2-4,6H,5H2,1H3,(H,12,14)(H,13,15). The quantitative estimate of drug-likeness (QED) is 0.898. The van der Waals surface area contributed by atoms with E-state index in [1.54, 1.807) is 12.5 Å². The molecule has 0 radical (unpaired) electrons. The molecule has 0 aliphatic rings. The van der Waals surface area contributed by atoms with E-state index in [9.17, 15) is 0 Å². The molecule has 0 amide bonds. The predicted octanol–water partition coefficient (Wildman–Crippen LogP) is 2.49. The molecule has 2 rings (SSSR count). The van der Waals surface area contributed by atoms with Gasteiger partial charge in [0.15, 0.2) is 0 Å². The van der Waals surface area contributed by atoms with Crippen molar-refractivity contribution in [2.24, 2.45) is 0 Å². The number of aromatic nitrogens is 3. The zero-order chi connectivity index (χ0) is 10.7. The van der Waals surface area contributed by atoms with Crippen LogP contribution in [0.25, 0.3) is 0 Å². The van der Waals surface area contributed by atoms with Crippen LogP contribution in [0, 0.1) is 6.92 Å². The normalized spacial score (nSPS) is 10.3. The molecule has 0 atom stereocenters. The third-order valence-corrected chi connectivity index (χ3v) is 2.87. The molecule has 0 aliphatic heterocycles. The molecule has 0 bridgehead atoms. The van der Waals surface area contributed by atoms with E-state index in [2.05, 4.69) is 36.2 Å². The van der Waals surface area contributed by atoms with Gasteiger partial charge in [-0.3, -0.25) is 0 Å². The highest BCUT2D eigenvalue weighted by Crippen LogP contribution is 2.16. The van der Waals surface area contributed by atoms with Crippen molar-refractivity contribution >= 4 is 21.7 Å². The van der Waals surface area contributed by atoms with Crippen molar-refractivity contribution in [2.75, 3.05) is 5.32 Å². The minimum atomic E-state index is 0.702. The number of aromatic amines is 1. The van der Waals surface area contributed by atoms with Gasteiger partial charge in [-0.05, 0) is 35.0 Å². The van der Waals surface area contributed by atoms with Gasteiger partial charge in [-0.2, -0.15) is 0 Å². The van der Waals surface area contributed by atoms with E-state index in [0.29, 0.717) is 6.54 Å². The summed E-state index contributed by atoms with van der Waals surface area (Å²) in [5.74, 6) is 0.866. The lowest BCUT2D eigenvalue weighted by atomic mass is 10.3. The largest absolute Gasteiger partial charge is 0.364 e. The fraction of sp³-hybridized carbons (Fsp3) is 0.200. The number of imidazole rings is 1. The smallest absolute Gasteiger partial charge is 0.126 e. The molecular weight excluding hydrogens is 256 g/mol. The summed E-state index contributed by atoms with van der Waals surface area (Å²) in [6, 6.07) is 3.92. The number of aryl methyl sites for hydroxylation is 1. The Bertz CT molecular complexity index is 439. The van der Waals surface area contributed by atoms with E-state index in [1.807, 2.05) is 19.1 Å². The third-order valence-electron chi connectivity index (χ3n) is 2.04. The second-order valence-electron chi connectivity index (χ2n) is 3.19. The van der Waals surface area contributed by atoms with Crippen LogP contribution in [0.4, 0.5) is 5.82 Å². The lowest BCUT2D eigenvalue weighted by Crippen LogP contribution is -2.02. The molecular formula is C10H11BrN4. The highest BCUT2D eigenvalue weighted by atomic mass is 79.9. The first-order chi connectivity index (χ1) is 7.25. The number of hydrogen-bond donors (Lipinski definition) is 2. The lowest BCUT2D eigenvalue weighted by molar-refractivity contribution is 1.04. The van der Waals surface area contributed by atoms with Crippen molar-refractivity contribution in [1.29, 1.82) is 0 Å². The van der Waals surface area contributed by atoms with Gasteiger partial charge in [0.1, 0.15) is 5.82 Å². The van der Waals surface area contributed by atoms with Crippen molar-refractivity contribution in [2.45, 2.75) is 13.5 Å². The van der Waals surface area contributed by atoms with Crippen molar-refractivity contribution in [3.8, 4) is 0 Å². The molecule has 2 N–H and O–H groups in total. The van der Waals surface area contributed by atoms with E-state index >= 15 is 0 Å². The minimum absolute atomic E-state index is 0.702. The van der Waals surface area contributed by atoms with E-state index in [1.165, 1.54) is 0 Å². The Labute approximate surface area is 96.3 Å². The number of H-pyrrole nitrogens is 1. The first kappa shape index (κ1) is 10.2. The van der Waals surface area contributed by atoms with Gasteiger partial charge in [-0.1, -0.05) is 0 Å². The van der Waals surface area contributed by atoms with Crippen LogP contribution in [0.3, 0.4) is 0 Å². The molecule has 2 heterocycles. The second kappa shape index (κ2) is 4.44. The summed E-state index contributed by atoms with van der Waals surface area (Å²) in [5.41, 5.74) is 2.02. The summed E-state index contributed by atoms with van der Waals surface area (Å²) in [6.45, 7) is 2.67. The van der Waals surface area contributed by atoms with Crippen molar-refractivity contribution < 1.29 is 0 Å². The highest BCUT2D eigenvalue weighted by Gasteiger charge is 1.99. The number of hydrogen-bond acceptors (Lipinski definition) is 3. The van der Waals surface area contributed by atoms with Crippen LogP contribution in [0.1, 0.15) is 11.4 Å². The number of halogens is 1. The summed E-state index contributed by atoms with van der Waals surface area (Å²) >= 11 is 3.41. The van der Waals surface area contributed by atoms with Gasteiger partial charge in [-0.25, -0.2) is 9.97 Å². The Balaban J connectivity index is 2.02. The maximum atomic E-state index is 4.38. The summed E-state index contributed by atoms with van der Waals surface area (Å²) in [4.78, 5) is 11.3. The fourth-order valence-corrected chi connectivity index (χ4v) is 1.43. The zero-order valence-electron chi connectivity index (χ0n) is 8.29. The average molecular weight is 267 g/mol. The van der Waals surface area contributed by atoms with E-state index in [4.69, 9.17) is 0 Å². The molecule has 0 unspecified atom stereocenters. The average Bonchev–Trinajstić information content (AvgIpc) is 2.73. The van der Waals surface area contributed by atoms with Gasteiger partial charge >= 0.3 is 0 Å². The number of anilines is 1. The van der Waals surface area contributed by atoms with Gasteiger partial charge in [0.25, 0.3) is 0 Å². The summed E-state index contributed by atoms with van der Waals surface area (Å²) < 4.78 is 1.02. The maximum absolute atomic E-state index is 4.38. The Hall–Kier alpha value is -1.36. The molecule has 2 aromatic heterocycles. The van der Waals surface area contributed by atoms with Gasteiger partial charge in [0.05, 0.1) is 24.3 Å². The molecule has 4 nitrogen and oxygen atoms in total. The number of pyridine rings is 1. The Morgan fingerprint density at radius 1 is 1.47 bits per heavy atom. The monoisotopic (exact) mass is 266 g/mol. The molecule has 5 heteroatoms.